The molecule has 6 nitrogen and oxygen atoms in total. The summed E-state index contributed by atoms with van der Waals surface area (Å²) in [6, 6.07) is 13.0. The van der Waals surface area contributed by atoms with Crippen LogP contribution in [0.5, 0.6) is 5.75 Å². The first kappa shape index (κ1) is 20.7. The van der Waals surface area contributed by atoms with E-state index in [-0.39, 0.29) is 10.8 Å². The van der Waals surface area contributed by atoms with Gasteiger partial charge in [-0.1, -0.05) is 31.4 Å². The summed E-state index contributed by atoms with van der Waals surface area (Å²) in [5, 5.41) is 0. The minimum Gasteiger partial charge on any atom is -0.495 e. The predicted molar refractivity (Wildman–Crippen MR) is 116 cm³/mol. The lowest BCUT2D eigenvalue weighted by molar-refractivity contribution is 0.0521. The number of anilines is 1. The molecule has 2 fully saturated rings. The summed E-state index contributed by atoms with van der Waals surface area (Å²) in [5.74, 6) is 1.80. The largest absolute Gasteiger partial charge is 0.495 e. The van der Waals surface area contributed by atoms with Crippen molar-refractivity contribution in [2.24, 2.45) is 11.8 Å². The average Bonchev–Trinajstić information content (AvgIpc) is 2.78. The van der Waals surface area contributed by atoms with Crippen molar-refractivity contribution in [2.75, 3.05) is 24.9 Å². The lowest BCUT2D eigenvalue weighted by atomic mass is 9.75. The van der Waals surface area contributed by atoms with E-state index in [1.165, 1.54) is 44.9 Å². The molecular weight excluding hydrogens is 400 g/mol. The molecule has 0 unspecified atom stereocenters. The molecule has 2 aromatic rings. The first-order chi connectivity index (χ1) is 14.5. The van der Waals surface area contributed by atoms with E-state index in [1.807, 2.05) is 4.90 Å². The van der Waals surface area contributed by atoms with Crippen molar-refractivity contribution in [2.45, 2.75) is 37.0 Å². The summed E-state index contributed by atoms with van der Waals surface area (Å²) in [6.07, 6.45) is 6.15. The summed E-state index contributed by atoms with van der Waals surface area (Å²) < 4.78 is 33.3. The number of benzene rings is 2. The van der Waals surface area contributed by atoms with Crippen molar-refractivity contribution in [3.63, 3.8) is 0 Å². The fourth-order valence-corrected chi connectivity index (χ4v) is 5.75. The Morgan fingerprint density at radius 2 is 1.70 bits per heavy atom. The number of amides is 1. The number of sulfonamides is 1. The van der Waals surface area contributed by atoms with Gasteiger partial charge in [-0.25, -0.2) is 8.42 Å². The molecule has 1 aliphatic carbocycles. The predicted octanol–water partition coefficient (Wildman–Crippen LogP) is 4.15. The first-order valence-corrected chi connectivity index (χ1v) is 12.0. The fraction of sp³-hybridized carbons (Fsp3) is 0.435. The summed E-state index contributed by atoms with van der Waals surface area (Å²) in [5.41, 5.74) is 0.899. The Bertz CT molecular complexity index is 1000. The maximum Gasteiger partial charge on any atom is 0.262 e. The highest BCUT2D eigenvalue weighted by Gasteiger charge is 2.33. The van der Waals surface area contributed by atoms with Crippen LogP contribution in [0.3, 0.4) is 0 Å². The third kappa shape index (κ3) is 4.31. The Kier molecular flexibility index (Phi) is 5.99. The number of nitrogens with one attached hydrogen (secondary N) is 1. The summed E-state index contributed by atoms with van der Waals surface area (Å²) >= 11 is 0. The van der Waals surface area contributed by atoms with Crippen molar-refractivity contribution >= 4 is 21.6 Å². The van der Waals surface area contributed by atoms with Gasteiger partial charge in [0, 0.05) is 18.7 Å². The molecular formula is C23H28N2O4S. The number of likely N-dealkylation sites (tertiary alicyclic amines) is 1. The Balaban J connectivity index is 1.46. The lowest BCUT2D eigenvalue weighted by Gasteiger charge is -2.41. The van der Waals surface area contributed by atoms with Crippen molar-refractivity contribution in [3.8, 4) is 5.75 Å². The van der Waals surface area contributed by atoms with Gasteiger partial charge in [0.15, 0.2) is 0 Å². The number of hydrogen-bond donors (Lipinski definition) is 1. The van der Waals surface area contributed by atoms with Crippen LogP contribution in [0.4, 0.5) is 5.69 Å². The first-order valence-electron chi connectivity index (χ1n) is 10.5. The normalized spacial score (nSPS) is 21.6. The van der Waals surface area contributed by atoms with Gasteiger partial charge in [-0.15, -0.1) is 0 Å². The molecule has 0 aromatic heterocycles. The van der Waals surface area contributed by atoms with Crippen LogP contribution < -0.4 is 9.46 Å². The average molecular weight is 429 g/mol. The monoisotopic (exact) mass is 428 g/mol. The van der Waals surface area contributed by atoms with Crippen molar-refractivity contribution in [3.05, 3.63) is 54.1 Å². The third-order valence-electron chi connectivity index (χ3n) is 6.34. The van der Waals surface area contributed by atoms with E-state index in [2.05, 4.69) is 4.72 Å². The molecule has 2 atom stereocenters. The summed E-state index contributed by atoms with van der Waals surface area (Å²) in [4.78, 5) is 15.0. The summed E-state index contributed by atoms with van der Waals surface area (Å²) in [6.45, 7) is 1.61. The smallest absolute Gasteiger partial charge is 0.262 e. The van der Waals surface area contributed by atoms with E-state index in [4.69, 9.17) is 4.74 Å². The second-order valence-electron chi connectivity index (χ2n) is 8.17. The highest BCUT2D eigenvalue weighted by molar-refractivity contribution is 7.92. The molecule has 1 heterocycles. The van der Waals surface area contributed by atoms with Gasteiger partial charge in [0.1, 0.15) is 5.75 Å². The van der Waals surface area contributed by atoms with Crippen molar-refractivity contribution in [1.29, 1.82) is 0 Å². The van der Waals surface area contributed by atoms with E-state index >= 15 is 0 Å². The molecule has 30 heavy (non-hydrogen) atoms. The van der Waals surface area contributed by atoms with Gasteiger partial charge in [-0.05, 0) is 61.1 Å². The van der Waals surface area contributed by atoms with Gasteiger partial charge >= 0.3 is 0 Å². The zero-order chi connectivity index (χ0) is 21.1. The van der Waals surface area contributed by atoms with Crippen LogP contribution in [0.2, 0.25) is 0 Å². The van der Waals surface area contributed by atoms with Gasteiger partial charge in [0.05, 0.1) is 17.7 Å². The topological polar surface area (TPSA) is 75.7 Å². The van der Waals surface area contributed by atoms with Crippen LogP contribution in [-0.2, 0) is 10.0 Å². The Morgan fingerprint density at radius 1 is 1.00 bits per heavy atom. The lowest BCUT2D eigenvalue weighted by Crippen LogP contribution is -2.44. The van der Waals surface area contributed by atoms with Crippen LogP contribution in [0.15, 0.2) is 53.4 Å². The molecule has 0 bridgehead atoms. The molecule has 1 N–H and O–H groups in total. The van der Waals surface area contributed by atoms with Crippen LogP contribution in [0, 0.1) is 11.8 Å². The molecule has 1 saturated carbocycles. The van der Waals surface area contributed by atoms with Crippen LogP contribution in [-0.4, -0.2) is 39.4 Å². The van der Waals surface area contributed by atoms with Crippen LogP contribution in [0.25, 0.3) is 0 Å². The minimum absolute atomic E-state index is 0.0133. The number of carbonyl (C=O) groups excluding carboxylic acids is 1. The summed E-state index contributed by atoms with van der Waals surface area (Å²) in [7, 11) is -2.29. The van der Waals surface area contributed by atoms with E-state index < -0.39 is 10.0 Å². The number of carbonyl (C=O) groups is 1. The zero-order valence-electron chi connectivity index (χ0n) is 17.2. The van der Waals surface area contributed by atoms with Gasteiger partial charge in [0.25, 0.3) is 15.9 Å². The third-order valence-corrected chi connectivity index (χ3v) is 7.72. The van der Waals surface area contributed by atoms with Gasteiger partial charge in [-0.2, -0.15) is 0 Å². The number of fused-ring (bicyclic) bond motifs is 1. The Morgan fingerprint density at radius 3 is 2.43 bits per heavy atom. The van der Waals surface area contributed by atoms with E-state index in [1.54, 1.807) is 36.4 Å². The highest BCUT2D eigenvalue weighted by atomic mass is 32.2. The molecule has 2 aromatic carbocycles. The van der Waals surface area contributed by atoms with Gasteiger partial charge in [0.2, 0.25) is 0 Å². The Hall–Kier alpha value is -2.54. The van der Waals surface area contributed by atoms with Gasteiger partial charge < -0.3 is 9.64 Å². The molecule has 2 aliphatic rings. The number of piperidine rings is 1. The van der Waals surface area contributed by atoms with E-state index in [9.17, 15) is 13.2 Å². The molecule has 1 aliphatic heterocycles. The van der Waals surface area contributed by atoms with E-state index in [0.29, 0.717) is 22.9 Å². The number of nitrogens with zero attached hydrogens (tertiary/aromatic N) is 1. The maximum absolute atomic E-state index is 13.0. The highest BCUT2D eigenvalue weighted by Crippen LogP contribution is 2.36. The maximum atomic E-state index is 13.0. The van der Waals surface area contributed by atoms with Crippen LogP contribution in [0.1, 0.15) is 42.5 Å². The molecule has 160 valence electrons. The SMILES string of the molecule is COc1ccccc1NS(=O)(=O)c1ccc(C(=O)N2CC[C@@H]3CCCC[C@H]3C2)cc1. The minimum atomic E-state index is -3.78. The van der Waals surface area contributed by atoms with Crippen molar-refractivity contribution in [1.82, 2.24) is 4.90 Å². The molecule has 1 amide bonds. The molecule has 0 radical (unpaired) electrons. The number of para-hydroxylation sites is 2. The van der Waals surface area contributed by atoms with Crippen molar-refractivity contribution < 1.29 is 17.9 Å². The zero-order valence-corrected chi connectivity index (χ0v) is 18.0. The standard InChI is InChI=1S/C23H28N2O4S/c1-29-22-9-5-4-8-21(22)24-30(27,28)20-12-10-18(11-13-20)23(26)25-15-14-17-6-2-3-7-19(17)16-25/h4-5,8-13,17,19,24H,2-3,6-7,14-16H2,1H3/t17-,19-/m0/s1. The Labute approximate surface area is 178 Å². The number of rotatable bonds is 5. The van der Waals surface area contributed by atoms with Gasteiger partial charge in [-0.3, -0.25) is 9.52 Å². The quantitative estimate of drug-likeness (QED) is 0.776. The number of hydrogen-bond acceptors (Lipinski definition) is 4. The number of methoxy groups -OCH3 is 1. The molecule has 4 rings (SSSR count). The molecule has 7 heteroatoms. The second-order valence-corrected chi connectivity index (χ2v) is 9.86. The second kappa shape index (κ2) is 8.68. The molecule has 1 saturated heterocycles. The fourth-order valence-electron chi connectivity index (χ4n) is 4.68. The number of ether oxygens (including phenoxy) is 1. The molecule has 0 spiro atoms. The van der Waals surface area contributed by atoms with E-state index in [0.717, 1.165) is 25.4 Å². The van der Waals surface area contributed by atoms with Crippen LogP contribution >= 0.6 is 0 Å².